The summed E-state index contributed by atoms with van der Waals surface area (Å²) in [5.41, 5.74) is 5.80. The highest BCUT2D eigenvalue weighted by molar-refractivity contribution is 6.03. The predicted octanol–water partition coefficient (Wildman–Crippen LogP) is 1.99. The molecule has 0 bridgehead atoms. The Hall–Kier alpha value is -3.21. The molecule has 0 fully saturated rings. The van der Waals surface area contributed by atoms with Gasteiger partial charge in [0.1, 0.15) is 5.82 Å². The van der Waals surface area contributed by atoms with Crippen molar-refractivity contribution in [3.63, 3.8) is 0 Å². The highest BCUT2D eigenvalue weighted by Gasteiger charge is 2.29. The van der Waals surface area contributed by atoms with E-state index in [1.165, 1.54) is 6.07 Å². The van der Waals surface area contributed by atoms with Crippen LogP contribution >= 0.6 is 0 Å². The van der Waals surface area contributed by atoms with Gasteiger partial charge in [-0.05, 0) is 25.0 Å². The molecule has 0 saturated heterocycles. The molecule has 1 atom stereocenters. The third-order valence-electron chi connectivity index (χ3n) is 4.20. The quantitative estimate of drug-likeness (QED) is 0.824. The fourth-order valence-corrected chi connectivity index (χ4v) is 3.01. The lowest BCUT2D eigenvalue weighted by Gasteiger charge is -2.12. The van der Waals surface area contributed by atoms with E-state index in [1.54, 1.807) is 18.2 Å². The molecule has 1 aromatic carbocycles. The number of rotatable bonds is 4. The Labute approximate surface area is 144 Å². The standard InChI is InChI=1S/C17H18N6O2/c18-10-13(16-22-21-14-7-2-1-3-8-23(14)16)15(24)11-5-4-6-12(9-11)20-17(19)25/h4-6,9,13H,1-3,7-8H2,(H3,19,20,25). The number of nitrogens with two attached hydrogens (primary N) is 1. The number of amides is 2. The number of nitrogens with one attached hydrogen (secondary N) is 1. The van der Waals surface area contributed by atoms with Gasteiger partial charge >= 0.3 is 6.03 Å². The van der Waals surface area contributed by atoms with Gasteiger partial charge in [0.2, 0.25) is 0 Å². The fourth-order valence-electron chi connectivity index (χ4n) is 3.01. The van der Waals surface area contributed by atoms with Crippen molar-refractivity contribution >= 4 is 17.5 Å². The van der Waals surface area contributed by atoms with Crippen molar-refractivity contribution in [3.8, 4) is 6.07 Å². The summed E-state index contributed by atoms with van der Waals surface area (Å²) in [5.74, 6) is -0.208. The third-order valence-corrected chi connectivity index (χ3v) is 4.20. The number of aryl methyl sites for hydroxylation is 1. The zero-order valence-corrected chi connectivity index (χ0v) is 13.6. The van der Waals surface area contributed by atoms with E-state index in [0.29, 0.717) is 23.6 Å². The summed E-state index contributed by atoms with van der Waals surface area (Å²) in [5, 5.41) is 20.3. The van der Waals surface area contributed by atoms with Gasteiger partial charge in [-0.25, -0.2) is 4.79 Å². The normalized spacial score (nSPS) is 14.7. The van der Waals surface area contributed by atoms with Crippen LogP contribution in [0, 0.1) is 11.3 Å². The van der Waals surface area contributed by atoms with E-state index in [0.717, 1.165) is 31.5 Å². The lowest BCUT2D eigenvalue weighted by atomic mass is 9.97. The number of urea groups is 1. The minimum atomic E-state index is -1.04. The minimum Gasteiger partial charge on any atom is -0.351 e. The van der Waals surface area contributed by atoms with Crippen LogP contribution in [0.1, 0.15) is 47.2 Å². The first-order chi connectivity index (χ1) is 12.1. The first kappa shape index (κ1) is 16.6. The molecule has 25 heavy (non-hydrogen) atoms. The van der Waals surface area contributed by atoms with Crippen LogP contribution in [-0.4, -0.2) is 26.6 Å². The molecule has 1 aliphatic heterocycles. The number of primary amides is 1. The highest BCUT2D eigenvalue weighted by atomic mass is 16.2. The molecule has 1 aromatic heterocycles. The van der Waals surface area contributed by atoms with E-state index in [-0.39, 0.29) is 5.78 Å². The first-order valence-corrected chi connectivity index (χ1v) is 8.12. The van der Waals surface area contributed by atoms with Gasteiger partial charge in [-0.1, -0.05) is 18.6 Å². The van der Waals surface area contributed by atoms with Crippen LogP contribution in [0.3, 0.4) is 0 Å². The molecule has 0 spiro atoms. The lowest BCUT2D eigenvalue weighted by Crippen LogP contribution is -2.20. The first-order valence-electron chi connectivity index (χ1n) is 8.12. The van der Waals surface area contributed by atoms with Crippen molar-refractivity contribution in [1.82, 2.24) is 14.8 Å². The summed E-state index contributed by atoms with van der Waals surface area (Å²) in [4.78, 5) is 23.8. The van der Waals surface area contributed by atoms with Crippen molar-refractivity contribution in [2.45, 2.75) is 38.1 Å². The molecule has 128 valence electrons. The number of anilines is 1. The molecule has 1 unspecified atom stereocenters. The number of aromatic nitrogens is 3. The van der Waals surface area contributed by atoms with E-state index in [9.17, 15) is 14.9 Å². The van der Waals surface area contributed by atoms with Crippen LogP contribution < -0.4 is 11.1 Å². The number of fused-ring (bicyclic) bond motifs is 1. The molecule has 8 nitrogen and oxygen atoms in total. The molecule has 1 aliphatic rings. The molecular formula is C17H18N6O2. The van der Waals surface area contributed by atoms with Gasteiger partial charge in [0, 0.05) is 24.2 Å². The van der Waals surface area contributed by atoms with Crippen molar-refractivity contribution in [1.29, 1.82) is 5.26 Å². The maximum Gasteiger partial charge on any atom is 0.316 e. The third kappa shape index (κ3) is 3.50. The summed E-state index contributed by atoms with van der Waals surface area (Å²) in [6.45, 7) is 0.715. The van der Waals surface area contributed by atoms with E-state index in [1.807, 2.05) is 10.6 Å². The minimum absolute atomic E-state index is 0.309. The smallest absolute Gasteiger partial charge is 0.316 e. The fraction of sp³-hybridized carbons (Fsp3) is 0.353. The number of carbonyl (C=O) groups is 2. The molecule has 0 radical (unpaired) electrons. The number of nitrogens with zero attached hydrogens (tertiary/aromatic N) is 4. The Bertz CT molecular complexity index is 851. The van der Waals surface area contributed by atoms with E-state index < -0.39 is 11.9 Å². The van der Waals surface area contributed by atoms with Gasteiger partial charge in [0.15, 0.2) is 17.5 Å². The van der Waals surface area contributed by atoms with Crippen molar-refractivity contribution < 1.29 is 9.59 Å². The number of Topliss-reactive ketones (excluding diaryl/α,β-unsaturated/α-hetero) is 1. The van der Waals surface area contributed by atoms with Crippen LogP contribution in [-0.2, 0) is 13.0 Å². The molecule has 0 aliphatic carbocycles. The van der Waals surface area contributed by atoms with Gasteiger partial charge < -0.3 is 15.6 Å². The van der Waals surface area contributed by atoms with Crippen LogP contribution in [0.2, 0.25) is 0 Å². The van der Waals surface area contributed by atoms with Gasteiger partial charge in [-0.3, -0.25) is 4.79 Å². The zero-order valence-electron chi connectivity index (χ0n) is 13.6. The van der Waals surface area contributed by atoms with E-state index >= 15 is 0 Å². The maximum atomic E-state index is 12.8. The summed E-state index contributed by atoms with van der Waals surface area (Å²) < 4.78 is 1.89. The molecule has 2 amide bonds. The Balaban J connectivity index is 1.92. The summed E-state index contributed by atoms with van der Waals surface area (Å²) in [7, 11) is 0. The second kappa shape index (κ2) is 7.13. The van der Waals surface area contributed by atoms with Crippen LogP contribution in [0.15, 0.2) is 24.3 Å². The summed E-state index contributed by atoms with van der Waals surface area (Å²) in [6.07, 6.45) is 3.90. The Morgan fingerprint density at radius 1 is 1.28 bits per heavy atom. The van der Waals surface area contributed by atoms with Gasteiger partial charge in [0.25, 0.3) is 0 Å². The van der Waals surface area contributed by atoms with Crippen LogP contribution in [0.25, 0.3) is 0 Å². The van der Waals surface area contributed by atoms with Crippen LogP contribution in [0.4, 0.5) is 10.5 Å². The predicted molar refractivity (Wildman–Crippen MR) is 89.9 cm³/mol. The number of carbonyl (C=O) groups excluding carboxylic acids is 2. The topological polar surface area (TPSA) is 127 Å². The van der Waals surface area contributed by atoms with Crippen molar-refractivity contribution in [2.75, 3.05) is 5.32 Å². The highest BCUT2D eigenvalue weighted by Crippen LogP contribution is 2.24. The number of nitriles is 1. The van der Waals surface area contributed by atoms with E-state index in [2.05, 4.69) is 15.5 Å². The Morgan fingerprint density at radius 2 is 2.12 bits per heavy atom. The molecule has 3 N–H and O–H groups in total. The lowest BCUT2D eigenvalue weighted by molar-refractivity contribution is 0.0974. The Kier molecular flexibility index (Phi) is 4.75. The van der Waals surface area contributed by atoms with Crippen molar-refractivity contribution in [2.24, 2.45) is 5.73 Å². The number of benzene rings is 1. The zero-order chi connectivity index (χ0) is 17.8. The summed E-state index contributed by atoms with van der Waals surface area (Å²) in [6, 6.07) is 7.66. The van der Waals surface area contributed by atoms with Crippen LogP contribution in [0.5, 0.6) is 0 Å². The Morgan fingerprint density at radius 3 is 2.88 bits per heavy atom. The molecule has 2 heterocycles. The van der Waals surface area contributed by atoms with Gasteiger partial charge in [-0.2, -0.15) is 5.26 Å². The average Bonchev–Trinajstić information content (AvgIpc) is 2.83. The summed E-state index contributed by atoms with van der Waals surface area (Å²) >= 11 is 0. The molecule has 0 saturated carbocycles. The largest absolute Gasteiger partial charge is 0.351 e. The van der Waals surface area contributed by atoms with Crippen molar-refractivity contribution in [3.05, 3.63) is 41.5 Å². The molecule has 3 rings (SSSR count). The van der Waals surface area contributed by atoms with Gasteiger partial charge in [0.05, 0.1) is 6.07 Å². The maximum absolute atomic E-state index is 12.8. The number of hydrogen-bond acceptors (Lipinski definition) is 5. The SMILES string of the molecule is N#CC(C(=O)c1cccc(NC(N)=O)c1)c1nnc2n1CCCCC2. The molecule has 2 aromatic rings. The number of hydrogen-bond donors (Lipinski definition) is 2. The monoisotopic (exact) mass is 338 g/mol. The average molecular weight is 338 g/mol. The van der Waals surface area contributed by atoms with Gasteiger partial charge in [-0.15, -0.1) is 10.2 Å². The molecular weight excluding hydrogens is 320 g/mol. The second-order valence-corrected chi connectivity index (χ2v) is 5.93. The van der Waals surface area contributed by atoms with E-state index in [4.69, 9.17) is 5.73 Å². The second-order valence-electron chi connectivity index (χ2n) is 5.93. The molecule has 8 heteroatoms. The number of ketones is 1.